The second-order valence-corrected chi connectivity index (χ2v) is 6.06. The third-order valence-corrected chi connectivity index (χ3v) is 4.84. The first-order valence-electron chi connectivity index (χ1n) is 6.86. The van der Waals surface area contributed by atoms with Crippen molar-refractivity contribution in [3.05, 3.63) is 57.8 Å². The van der Waals surface area contributed by atoms with Crippen molar-refractivity contribution in [3.63, 3.8) is 0 Å². The van der Waals surface area contributed by atoms with Crippen LogP contribution in [0.25, 0.3) is 0 Å². The van der Waals surface area contributed by atoms with Crippen LogP contribution in [0.4, 0.5) is 0 Å². The lowest BCUT2D eigenvalue weighted by Gasteiger charge is -2.28. The second-order valence-electron chi connectivity index (χ2n) is 5.06. The SMILES string of the molecule is OCC(NC1CCCc2sccc21)c1ccccc1. The average Bonchev–Trinajstić information content (AvgIpc) is 2.95. The van der Waals surface area contributed by atoms with Gasteiger partial charge in [0.25, 0.3) is 0 Å². The summed E-state index contributed by atoms with van der Waals surface area (Å²) in [5.74, 6) is 0. The van der Waals surface area contributed by atoms with E-state index < -0.39 is 0 Å². The van der Waals surface area contributed by atoms with Crippen LogP contribution in [0.15, 0.2) is 41.8 Å². The van der Waals surface area contributed by atoms with Crippen molar-refractivity contribution in [2.45, 2.75) is 31.3 Å². The molecule has 1 heterocycles. The number of hydrogen-bond acceptors (Lipinski definition) is 3. The third-order valence-electron chi connectivity index (χ3n) is 3.84. The normalized spacial score (nSPS) is 19.9. The predicted molar refractivity (Wildman–Crippen MR) is 79.4 cm³/mol. The van der Waals surface area contributed by atoms with E-state index in [0.29, 0.717) is 6.04 Å². The van der Waals surface area contributed by atoms with Gasteiger partial charge in [0, 0.05) is 10.9 Å². The fourth-order valence-electron chi connectivity index (χ4n) is 2.84. The highest BCUT2D eigenvalue weighted by atomic mass is 32.1. The van der Waals surface area contributed by atoms with E-state index in [9.17, 15) is 5.11 Å². The van der Waals surface area contributed by atoms with Crippen LogP contribution in [0.5, 0.6) is 0 Å². The summed E-state index contributed by atoms with van der Waals surface area (Å²) in [6.45, 7) is 0.139. The van der Waals surface area contributed by atoms with E-state index in [4.69, 9.17) is 0 Å². The summed E-state index contributed by atoms with van der Waals surface area (Å²) in [5, 5.41) is 15.5. The van der Waals surface area contributed by atoms with Crippen LogP contribution in [0, 0.1) is 0 Å². The molecule has 1 aliphatic carbocycles. The molecule has 0 aliphatic heterocycles. The molecule has 2 N–H and O–H groups in total. The van der Waals surface area contributed by atoms with E-state index in [1.165, 1.54) is 23.3 Å². The van der Waals surface area contributed by atoms with Gasteiger partial charge in [0.2, 0.25) is 0 Å². The number of benzene rings is 1. The molecule has 1 aromatic carbocycles. The summed E-state index contributed by atoms with van der Waals surface area (Å²) in [6.07, 6.45) is 3.60. The predicted octanol–water partition coefficient (Wildman–Crippen LogP) is 3.45. The molecule has 2 unspecified atom stereocenters. The fraction of sp³-hybridized carbons (Fsp3) is 0.375. The zero-order valence-electron chi connectivity index (χ0n) is 10.9. The Bertz CT molecular complexity index is 523. The molecule has 1 aromatic heterocycles. The van der Waals surface area contributed by atoms with Gasteiger partial charge >= 0.3 is 0 Å². The highest BCUT2D eigenvalue weighted by Crippen LogP contribution is 2.34. The van der Waals surface area contributed by atoms with Crippen molar-refractivity contribution in [2.24, 2.45) is 0 Å². The molecule has 1 aliphatic rings. The van der Waals surface area contributed by atoms with Gasteiger partial charge < -0.3 is 10.4 Å². The molecule has 0 amide bonds. The van der Waals surface area contributed by atoms with Crippen LogP contribution >= 0.6 is 11.3 Å². The van der Waals surface area contributed by atoms with Crippen LogP contribution < -0.4 is 5.32 Å². The average molecular weight is 273 g/mol. The highest BCUT2D eigenvalue weighted by Gasteiger charge is 2.23. The van der Waals surface area contributed by atoms with E-state index in [0.717, 1.165) is 12.0 Å². The molecule has 2 nitrogen and oxygen atoms in total. The van der Waals surface area contributed by atoms with Gasteiger partial charge in [-0.1, -0.05) is 30.3 Å². The lowest BCUT2D eigenvalue weighted by atomic mass is 9.92. The van der Waals surface area contributed by atoms with Crippen LogP contribution in [0.2, 0.25) is 0 Å². The van der Waals surface area contributed by atoms with Crippen molar-refractivity contribution >= 4 is 11.3 Å². The summed E-state index contributed by atoms with van der Waals surface area (Å²) >= 11 is 1.86. The summed E-state index contributed by atoms with van der Waals surface area (Å²) in [6, 6.07) is 12.8. The van der Waals surface area contributed by atoms with Gasteiger partial charge in [-0.2, -0.15) is 0 Å². The maximum Gasteiger partial charge on any atom is 0.0626 e. The summed E-state index contributed by atoms with van der Waals surface area (Å²) < 4.78 is 0. The Morgan fingerprint density at radius 3 is 2.89 bits per heavy atom. The number of fused-ring (bicyclic) bond motifs is 1. The topological polar surface area (TPSA) is 32.3 Å². The monoisotopic (exact) mass is 273 g/mol. The van der Waals surface area contributed by atoms with Crippen LogP contribution in [0.3, 0.4) is 0 Å². The minimum absolute atomic E-state index is 0.0250. The molecule has 3 rings (SSSR count). The number of hydrogen-bond donors (Lipinski definition) is 2. The van der Waals surface area contributed by atoms with Crippen molar-refractivity contribution in [1.82, 2.24) is 5.32 Å². The Hall–Kier alpha value is -1.16. The summed E-state index contributed by atoms with van der Waals surface area (Å²) in [4.78, 5) is 1.51. The van der Waals surface area contributed by atoms with Crippen LogP contribution in [-0.2, 0) is 6.42 Å². The summed E-state index contributed by atoms with van der Waals surface area (Å²) in [5.41, 5.74) is 2.60. The molecular formula is C16H19NOS. The quantitative estimate of drug-likeness (QED) is 0.894. The van der Waals surface area contributed by atoms with Gasteiger partial charge in [-0.25, -0.2) is 0 Å². The largest absolute Gasteiger partial charge is 0.394 e. The molecule has 0 fully saturated rings. The number of aliphatic hydroxyl groups excluding tert-OH is 1. The Labute approximate surface area is 118 Å². The Morgan fingerprint density at radius 2 is 2.11 bits per heavy atom. The first-order chi connectivity index (χ1) is 9.38. The van der Waals surface area contributed by atoms with E-state index in [-0.39, 0.29) is 12.6 Å². The van der Waals surface area contributed by atoms with Gasteiger partial charge in [0.05, 0.1) is 12.6 Å². The van der Waals surface area contributed by atoms with Gasteiger partial charge in [-0.05, 0) is 41.8 Å². The molecule has 0 saturated carbocycles. The minimum atomic E-state index is 0.0250. The summed E-state index contributed by atoms with van der Waals surface area (Å²) in [7, 11) is 0. The first kappa shape index (κ1) is 12.9. The van der Waals surface area contributed by atoms with E-state index >= 15 is 0 Å². The van der Waals surface area contributed by atoms with E-state index in [1.807, 2.05) is 29.5 Å². The standard InChI is InChI=1S/C16H19NOS/c18-11-15(12-5-2-1-3-6-12)17-14-7-4-8-16-13(14)9-10-19-16/h1-3,5-6,9-10,14-15,17-18H,4,7-8,11H2. The van der Waals surface area contributed by atoms with Crippen molar-refractivity contribution < 1.29 is 5.11 Å². The molecule has 2 aromatic rings. The van der Waals surface area contributed by atoms with Gasteiger partial charge in [-0.15, -0.1) is 11.3 Å². The highest BCUT2D eigenvalue weighted by molar-refractivity contribution is 7.10. The molecule has 100 valence electrons. The fourth-order valence-corrected chi connectivity index (χ4v) is 3.83. The molecular weight excluding hydrogens is 254 g/mol. The minimum Gasteiger partial charge on any atom is -0.394 e. The molecule has 0 radical (unpaired) electrons. The molecule has 19 heavy (non-hydrogen) atoms. The van der Waals surface area contributed by atoms with Gasteiger partial charge in [-0.3, -0.25) is 0 Å². The lowest BCUT2D eigenvalue weighted by molar-refractivity contribution is 0.228. The molecule has 2 atom stereocenters. The Kier molecular flexibility index (Phi) is 3.97. The number of aryl methyl sites for hydroxylation is 1. The molecule has 0 saturated heterocycles. The molecule has 0 spiro atoms. The van der Waals surface area contributed by atoms with E-state index in [2.05, 4.69) is 28.9 Å². The van der Waals surface area contributed by atoms with Crippen LogP contribution in [0.1, 0.15) is 40.9 Å². The first-order valence-corrected chi connectivity index (χ1v) is 7.74. The second kappa shape index (κ2) is 5.87. The number of nitrogens with one attached hydrogen (secondary N) is 1. The Morgan fingerprint density at radius 1 is 1.26 bits per heavy atom. The third kappa shape index (κ3) is 2.73. The van der Waals surface area contributed by atoms with Crippen molar-refractivity contribution in [1.29, 1.82) is 0 Å². The van der Waals surface area contributed by atoms with Crippen molar-refractivity contribution in [3.8, 4) is 0 Å². The number of rotatable bonds is 4. The molecule has 0 bridgehead atoms. The lowest BCUT2D eigenvalue weighted by Crippen LogP contribution is -2.30. The number of thiophene rings is 1. The maximum absolute atomic E-state index is 9.65. The number of aliphatic hydroxyl groups is 1. The van der Waals surface area contributed by atoms with Gasteiger partial charge in [0.1, 0.15) is 0 Å². The smallest absolute Gasteiger partial charge is 0.0626 e. The maximum atomic E-state index is 9.65. The Balaban J connectivity index is 1.78. The van der Waals surface area contributed by atoms with Crippen molar-refractivity contribution in [2.75, 3.05) is 6.61 Å². The van der Waals surface area contributed by atoms with Gasteiger partial charge in [0.15, 0.2) is 0 Å². The zero-order valence-corrected chi connectivity index (χ0v) is 11.7. The van der Waals surface area contributed by atoms with Crippen LogP contribution in [-0.4, -0.2) is 11.7 Å². The zero-order chi connectivity index (χ0) is 13.1. The molecule has 3 heteroatoms. The van der Waals surface area contributed by atoms with E-state index in [1.54, 1.807) is 0 Å².